The maximum absolute atomic E-state index is 12.1. The van der Waals surface area contributed by atoms with Crippen molar-refractivity contribution in [3.63, 3.8) is 0 Å². The van der Waals surface area contributed by atoms with Gasteiger partial charge in [-0.1, -0.05) is 55.5 Å². The monoisotopic (exact) mass is 322 g/mol. The van der Waals surface area contributed by atoms with E-state index < -0.39 is 0 Å². The van der Waals surface area contributed by atoms with Gasteiger partial charge in [-0.05, 0) is 10.8 Å². The molecule has 1 aromatic carbocycles. The van der Waals surface area contributed by atoms with Gasteiger partial charge >= 0.3 is 0 Å². The molecule has 0 spiro atoms. The highest BCUT2D eigenvalue weighted by molar-refractivity contribution is 8.00. The van der Waals surface area contributed by atoms with E-state index in [9.17, 15) is 4.79 Å². The lowest BCUT2D eigenvalue weighted by atomic mass is 10.1. The Balaban J connectivity index is 2.15. The third kappa shape index (κ3) is 4.71. The number of nitrogens with zero attached hydrogens (tertiary/aromatic N) is 2. The van der Waals surface area contributed by atoms with Crippen LogP contribution in [-0.4, -0.2) is 27.1 Å². The van der Waals surface area contributed by atoms with Crippen LogP contribution in [0, 0.1) is 0 Å². The van der Waals surface area contributed by atoms with Crippen molar-refractivity contribution in [2.75, 3.05) is 11.5 Å². The van der Waals surface area contributed by atoms with Crippen LogP contribution >= 0.6 is 23.1 Å². The fraction of sp³-hybridized carbons (Fsp3) is 0.357. The molecule has 5 nitrogen and oxygen atoms in total. The maximum atomic E-state index is 12.1. The predicted molar refractivity (Wildman–Crippen MR) is 88.3 cm³/mol. The van der Waals surface area contributed by atoms with Crippen molar-refractivity contribution in [1.82, 2.24) is 15.5 Å². The Morgan fingerprint density at radius 1 is 1.33 bits per heavy atom. The van der Waals surface area contributed by atoms with E-state index in [0.717, 1.165) is 5.56 Å². The first-order valence-electron chi connectivity index (χ1n) is 6.61. The molecule has 1 amide bonds. The fourth-order valence-electron chi connectivity index (χ4n) is 1.74. The lowest BCUT2D eigenvalue weighted by Crippen LogP contribution is -2.31. The van der Waals surface area contributed by atoms with Crippen LogP contribution in [0.15, 0.2) is 30.3 Å². The molecule has 7 heteroatoms. The molecule has 0 aliphatic rings. The zero-order valence-corrected chi connectivity index (χ0v) is 13.6. The van der Waals surface area contributed by atoms with E-state index in [4.69, 9.17) is 5.73 Å². The number of carbonyl (C=O) groups excluding carboxylic acids is 1. The van der Waals surface area contributed by atoms with E-state index in [0.29, 0.717) is 21.1 Å². The fourth-order valence-corrected chi connectivity index (χ4v) is 3.00. The molecule has 0 radical (unpaired) electrons. The molecule has 21 heavy (non-hydrogen) atoms. The quantitative estimate of drug-likeness (QED) is 0.854. The van der Waals surface area contributed by atoms with Crippen molar-refractivity contribution in [3.8, 4) is 0 Å². The number of benzene rings is 1. The highest BCUT2D eigenvalue weighted by Crippen LogP contribution is 2.26. The number of rotatable bonds is 6. The normalized spacial score (nSPS) is 12.3. The van der Waals surface area contributed by atoms with Crippen LogP contribution in [0.5, 0.6) is 0 Å². The summed E-state index contributed by atoms with van der Waals surface area (Å²) in [6.45, 7) is 4.14. The predicted octanol–water partition coefficient (Wildman–Crippen LogP) is 2.47. The minimum Gasteiger partial charge on any atom is -0.374 e. The first-order chi connectivity index (χ1) is 10.1. The second kappa shape index (κ2) is 7.42. The molecule has 1 unspecified atom stereocenters. The second-order valence-electron chi connectivity index (χ2n) is 4.75. The molecule has 1 aromatic heterocycles. The Labute approximate surface area is 132 Å². The molecular weight excluding hydrogens is 304 g/mol. The van der Waals surface area contributed by atoms with Gasteiger partial charge in [-0.3, -0.25) is 4.79 Å². The zero-order chi connectivity index (χ0) is 15.2. The number of hydrogen-bond donors (Lipinski definition) is 2. The Morgan fingerprint density at radius 2 is 2.05 bits per heavy atom. The third-order valence-electron chi connectivity index (χ3n) is 2.69. The Bertz CT molecular complexity index is 586. The molecule has 1 atom stereocenters. The Kier molecular flexibility index (Phi) is 5.58. The molecule has 2 rings (SSSR count). The summed E-state index contributed by atoms with van der Waals surface area (Å²) in [5, 5.41) is 12.4. The van der Waals surface area contributed by atoms with Gasteiger partial charge in [0.1, 0.15) is 11.0 Å². The average molecular weight is 322 g/mol. The van der Waals surface area contributed by atoms with Gasteiger partial charge < -0.3 is 11.1 Å². The van der Waals surface area contributed by atoms with E-state index in [2.05, 4.69) is 29.4 Å². The molecule has 0 aliphatic carbocycles. The summed E-state index contributed by atoms with van der Waals surface area (Å²) < 4.78 is 0. The minimum atomic E-state index is -0.304. The van der Waals surface area contributed by atoms with Crippen LogP contribution in [0.4, 0.5) is 5.13 Å². The molecule has 0 aliphatic heterocycles. The van der Waals surface area contributed by atoms with Gasteiger partial charge in [0.15, 0.2) is 0 Å². The van der Waals surface area contributed by atoms with Crippen LogP contribution in [0.3, 0.4) is 0 Å². The van der Waals surface area contributed by atoms with Gasteiger partial charge in [0.2, 0.25) is 11.0 Å². The summed E-state index contributed by atoms with van der Waals surface area (Å²) in [4.78, 5) is 12.1. The second-order valence-corrected chi connectivity index (χ2v) is 7.36. The smallest absolute Gasteiger partial charge is 0.230 e. The number of nitrogen functional groups attached to an aromatic ring is 1. The van der Waals surface area contributed by atoms with Crippen molar-refractivity contribution in [2.24, 2.45) is 0 Å². The molecule has 0 saturated heterocycles. The Hall–Kier alpha value is -1.60. The van der Waals surface area contributed by atoms with E-state index in [1.807, 2.05) is 30.3 Å². The van der Waals surface area contributed by atoms with Gasteiger partial charge in [0.05, 0.1) is 5.75 Å². The van der Waals surface area contributed by atoms with E-state index in [1.165, 1.54) is 11.3 Å². The molecule has 1 heterocycles. The highest BCUT2D eigenvalue weighted by atomic mass is 32.2. The van der Waals surface area contributed by atoms with Gasteiger partial charge in [-0.25, -0.2) is 0 Å². The summed E-state index contributed by atoms with van der Waals surface area (Å²) in [5.74, 6) is 0.409. The number of anilines is 1. The minimum absolute atomic E-state index is 0.0173. The zero-order valence-electron chi connectivity index (χ0n) is 11.9. The lowest BCUT2D eigenvalue weighted by molar-refractivity contribution is -0.119. The Morgan fingerprint density at radius 3 is 2.62 bits per heavy atom. The average Bonchev–Trinajstić information content (AvgIpc) is 2.90. The topological polar surface area (TPSA) is 80.9 Å². The van der Waals surface area contributed by atoms with E-state index in [-0.39, 0.29) is 11.9 Å². The van der Waals surface area contributed by atoms with Crippen LogP contribution in [0.1, 0.15) is 30.5 Å². The number of nitrogens with two attached hydrogens (primary N) is 1. The summed E-state index contributed by atoms with van der Waals surface area (Å²) in [5.41, 5.74) is 6.62. The summed E-state index contributed by atoms with van der Waals surface area (Å²) in [6, 6.07) is 9.41. The number of thioether (sulfide) groups is 1. The first kappa shape index (κ1) is 15.8. The molecule has 2 aromatic rings. The molecular formula is C14H18N4OS2. The largest absolute Gasteiger partial charge is 0.374 e. The number of aromatic nitrogens is 2. The van der Waals surface area contributed by atoms with Crippen LogP contribution in [0.2, 0.25) is 0 Å². The first-order valence-corrected chi connectivity index (χ1v) is 8.47. The molecule has 0 saturated carbocycles. The van der Waals surface area contributed by atoms with Crippen molar-refractivity contribution in [1.29, 1.82) is 0 Å². The summed E-state index contributed by atoms with van der Waals surface area (Å²) >= 11 is 2.90. The van der Waals surface area contributed by atoms with Gasteiger partial charge in [0, 0.05) is 0 Å². The highest BCUT2D eigenvalue weighted by Gasteiger charge is 2.20. The van der Waals surface area contributed by atoms with Crippen LogP contribution in [-0.2, 0) is 4.79 Å². The van der Waals surface area contributed by atoms with E-state index in [1.54, 1.807) is 11.8 Å². The van der Waals surface area contributed by atoms with Crippen molar-refractivity contribution >= 4 is 34.1 Å². The number of amides is 1. The van der Waals surface area contributed by atoms with Gasteiger partial charge in [-0.15, -0.1) is 22.0 Å². The molecule has 0 fully saturated rings. The van der Waals surface area contributed by atoms with Crippen LogP contribution in [0.25, 0.3) is 0 Å². The van der Waals surface area contributed by atoms with E-state index >= 15 is 0 Å². The number of carbonyl (C=O) groups is 1. The van der Waals surface area contributed by atoms with Crippen LogP contribution < -0.4 is 11.1 Å². The number of nitrogens with one attached hydrogen (secondary N) is 1. The SMILES string of the molecule is CC(C)SCC(=O)NC(c1ccccc1)c1nnc(N)s1. The number of hydrogen-bond acceptors (Lipinski definition) is 6. The maximum Gasteiger partial charge on any atom is 0.230 e. The standard InChI is InChI=1S/C14H18N4OS2/c1-9(2)20-8-11(19)16-12(10-6-4-3-5-7-10)13-17-18-14(15)21-13/h3-7,9,12H,8H2,1-2H3,(H2,15,18)(H,16,19). The van der Waals surface area contributed by atoms with Crippen molar-refractivity contribution in [3.05, 3.63) is 40.9 Å². The summed E-state index contributed by atoms with van der Waals surface area (Å²) in [6.07, 6.45) is 0. The molecule has 3 N–H and O–H groups in total. The van der Waals surface area contributed by atoms with Crippen molar-refractivity contribution < 1.29 is 4.79 Å². The van der Waals surface area contributed by atoms with Gasteiger partial charge in [-0.2, -0.15) is 0 Å². The van der Waals surface area contributed by atoms with Crippen molar-refractivity contribution in [2.45, 2.75) is 25.1 Å². The lowest BCUT2D eigenvalue weighted by Gasteiger charge is -2.16. The molecule has 0 bridgehead atoms. The van der Waals surface area contributed by atoms with Gasteiger partial charge in [0.25, 0.3) is 0 Å². The summed E-state index contributed by atoms with van der Waals surface area (Å²) in [7, 11) is 0. The third-order valence-corrected chi connectivity index (χ3v) is 4.60. The molecule has 112 valence electrons.